The van der Waals surface area contributed by atoms with E-state index in [-0.39, 0.29) is 0 Å². The lowest BCUT2D eigenvalue weighted by Gasteiger charge is -2.22. The van der Waals surface area contributed by atoms with Crippen molar-refractivity contribution in [1.82, 2.24) is 0 Å². The molecule has 0 aliphatic heterocycles. The zero-order chi connectivity index (χ0) is 31.2. The van der Waals surface area contributed by atoms with Gasteiger partial charge in [0.05, 0.1) is 0 Å². The van der Waals surface area contributed by atoms with Crippen LogP contribution in [0.5, 0.6) is 17.2 Å². The third-order valence-electron chi connectivity index (χ3n) is 8.01. The summed E-state index contributed by atoms with van der Waals surface area (Å²) in [6.07, 6.45) is 5.32. The Hall–Kier alpha value is -4.85. The fourth-order valence-corrected chi connectivity index (χ4v) is 6.59. The zero-order valence-corrected chi connectivity index (χ0v) is 26.9. The lowest BCUT2D eigenvalue weighted by atomic mass is 10.0. The van der Waals surface area contributed by atoms with E-state index in [2.05, 4.69) is 127 Å². The molecule has 0 radical (unpaired) electrons. The van der Waals surface area contributed by atoms with Gasteiger partial charge in [0.2, 0.25) is 0 Å². The molecule has 230 valence electrons. The normalized spacial score (nSPS) is 10.9. The molecule has 0 bridgehead atoms. The highest BCUT2D eigenvalue weighted by Crippen LogP contribution is 2.45. The summed E-state index contributed by atoms with van der Waals surface area (Å²) >= 11 is 0. The van der Waals surface area contributed by atoms with Crippen molar-refractivity contribution in [3.05, 3.63) is 197 Å². The summed E-state index contributed by atoms with van der Waals surface area (Å²) in [5.41, 5.74) is 7.27. The van der Waals surface area contributed by atoms with Crippen molar-refractivity contribution in [2.75, 3.05) is 0 Å². The Morgan fingerprint density at radius 1 is 0.283 bits per heavy atom. The van der Waals surface area contributed by atoms with Crippen LogP contribution in [0.2, 0.25) is 0 Å². The van der Waals surface area contributed by atoms with E-state index < -0.39 is 8.60 Å². The average molecular weight is 623 g/mol. The lowest BCUT2D eigenvalue weighted by molar-refractivity contribution is 0.383. The average Bonchev–Trinajstić information content (AvgIpc) is 3.12. The summed E-state index contributed by atoms with van der Waals surface area (Å²) in [5, 5.41) is 0. The van der Waals surface area contributed by atoms with Gasteiger partial charge in [-0.2, -0.15) is 0 Å². The summed E-state index contributed by atoms with van der Waals surface area (Å²) in [4.78, 5) is 0. The first-order valence-corrected chi connectivity index (χ1v) is 17.1. The minimum absolute atomic E-state index is 0.785. The topological polar surface area (TPSA) is 27.7 Å². The molecule has 6 aromatic carbocycles. The number of hydrogen-bond acceptors (Lipinski definition) is 3. The smallest absolute Gasteiger partial charge is 0.408 e. The molecule has 6 rings (SSSR count). The van der Waals surface area contributed by atoms with Gasteiger partial charge in [-0.25, -0.2) is 0 Å². The van der Waals surface area contributed by atoms with Crippen molar-refractivity contribution in [2.45, 2.75) is 38.5 Å². The van der Waals surface area contributed by atoms with E-state index in [4.69, 9.17) is 13.6 Å². The maximum absolute atomic E-state index is 6.70. The second kappa shape index (κ2) is 16.5. The van der Waals surface area contributed by atoms with Gasteiger partial charge in [-0.3, -0.25) is 0 Å². The largest absolute Gasteiger partial charge is 0.530 e. The number of aryl methyl sites for hydroxylation is 6. The van der Waals surface area contributed by atoms with E-state index in [1.807, 2.05) is 36.4 Å². The summed E-state index contributed by atoms with van der Waals surface area (Å²) in [6.45, 7) is 0. The van der Waals surface area contributed by atoms with Crippen LogP contribution in [0, 0.1) is 0 Å². The molecule has 0 atom stereocenters. The standard InChI is InChI=1S/C42H39O3P/c1-4-16-34(17-5-1)28-31-37-22-10-13-25-40(37)43-46(44-41-26-14-11-23-38(41)32-29-35-18-6-2-7-19-35)45-42-27-15-12-24-39(42)33-30-36-20-8-3-9-21-36/h1-27H,28-33H2. The van der Waals surface area contributed by atoms with E-state index in [9.17, 15) is 0 Å². The molecule has 3 nitrogen and oxygen atoms in total. The Bertz CT molecular complexity index is 1560. The molecule has 0 aromatic heterocycles. The van der Waals surface area contributed by atoms with E-state index in [0.717, 1.165) is 72.5 Å². The Kier molecular flexibility index (Phi) is 11.1. The monoisotopic (exact) mass is 622 g/mol. The Balaban J connectivity index is 1.25. The third-order valence-corrected chi connectivity index (χ3v) is 9.05. The molecule has 0 aliphatic rings. The van der Waals surface area contributed by atoms with E-state index in [1.165, 1.54) is 16.7 Å². The van der Waals surface area contributed by atoms with Gasteiger partial charge in [0.1, 0.15) is 17.2 Å². The molecule has 0 saturated carbocycles. The molecule has 0 saturated heterocycles. The van der Waals surface area contributed by atoms with Gasteiger partial charge < -0.3 is 13.6 Å². The molecular formula is C42H39O3P. The fraction of sp³-hybridized carbons (Fsp3) is 0.143. The number of rotatable bonds is 15. The third kappa shape index (κ3) is 9.10. The second-order valence-corrected chi connectivity index (χ2v) is 12.3. The van der Waals surface area contributed by atoms with Crippen LogP contribution in [0.3, 0.4) is 0 Å². The van der Waals surface area contributed by atoms with Crippen LogP contribution >= 0.6 is 8.60 Å². The van der Waals surface area contributed by atoms with Crippen molar-refractivity contribution < 1.29 is 13.6 Å². The molecule has 4 heteroatoms. The molecule has 0 aliphatic carbocycles. The first-order chi connectivity index (χ1) is 22.8. The molecule has 0 heterocycles. The molecule has 0 spiro atoms. The molecule has 0 amide bonds. The van der Waals surface area contributed by atoms with Crippen LogP contribution in [-0.4, -0.2) is 0 Å². The summed E-state index contributed by atoms with van der Waals surface area (Å²) in [7, 11) is -1.83. The van der Waals surface area contributed by atoms with Gasteiger partial charge in [0.25, 0.3) is 0 Å². The first kappa shape index (κ1) is 31.1. The maximum atomic E-state index is 6.70. The summed E-state index contributed by atoms with van der Waals surface area (Å²) < 4.78 is 20.1. The maximum Gasteiger partial charge on any atom is 0.530 e. The predicted molar refractivity (Wildman–Crippen MR) is 190 cm³/mol. The van der Waals surface area contributed by atoms with Crippen molar-refractivity contribution in [2.24, 2.45) is 0 Å². The van der Waals surface area contributed by atoms with Crippen molar-refractivity contribution in [3.63, 3.8) is 0 Å². The van der Waals surface area contributed by atoms with Gasteiger partial charge >= 0.3 is 8.60 Å². The van der Waals surface area contributed by atoms with Crippen molar-refractivity contribution >= 4 is 8.60 Å². The molecule has 6 aromatic rings. The molecule has 0 fully saturated rings. The van der Waals surface area contributed by atoms with E-state index >= 15 is 0 Å². The van der Waals surface area contributed by atoms with Gasteiger partial charge in [-0.05, 0) is 90.1 Å². The van der Waals surface area contributed by atoms with Crippen LogP contribution in [0.1, 0.15) is 33.4 Å². The minimum atomic E-state index is -1.83. The van der Waals surface area contributed by atoms with Gasteiger partial charge in [-0.1, -0.05) is 146 Å². The summed E-state index contributed by atoms with van der Waals surface area (Å²) in [5.74, 6) is 2.36. The lowest BCUT2D eigenvalue weighted by Crippen LogP contribution is -2.07. The Labute approximate surface area is 274 Å². The van der Waals surface area contributed by atoms with E-state index in [1.54, 1.807) is 0 Å². The Morgan fingerprint density at radius 3 is 0.848 bits per heavy atom. The van der Waals surface area contributed by atoms with Gasteiger partial charge in [0.15, 0.2) is 0 Å². The van der Waals surface area contributed by atoms with Crippen LogP contribution in [0.25, 0.3) is 0 Å². The number of hydrogen-bond donors (Lipinski definition) is 0. The minimum Gasteiger partial charge on any atom is -0.408 e. The van der Waals surface area contributed by atoms with Crippen LogP contribution in [0.4, 0.5) is 0 Å². The van der Waals surface area contributed by atoms with Gasteiger partial charge in [0, 0.05) is 0 Å². The van der Waals surface area contributed by atoms with E-state index in [0.29, 0.717) is 0 Å². The first-order valence-electron chi connectivity index (χ1n) is 16.0. The van der Waals surface area contributed by atoms with Crippen LogP contribution in [0.15, 0.2) is 164 Å². The molecule has 0 unspecified atom stereocenters. The SMILES string of the molecule is c1ccc(CCc2ccccc2OP(Oc2ccccc2CCc2ccccc2)Oc2ccccc2CCc2ccccc2)cc1. The summed E-state index contributed by atoms with van der Waals surface area (Å²) in [6, 6.07) is 56.4. The Morgan fingerprint density at radius 2 is 0.543 bits per heavy atom. The highest BCUT2D eigenvalue weighted by atomic mass is 31.2. The number of para-hydroxylation sites is 3. The molecular weight excluding hydrogens is 583 g/mol. The molecule has 0 N–H and O–H groups in total. The van der Waals surface area contributed by atoms with Gasteiger partial charge in [-0.15, -0.1) is 0 Å². The van der Waals surface area contributed by atoms with Crippen LogP contribution < -0.4 is 13.6 Å². The van der Waals surface area contributed by atoms with Crippen LogP contribution in [-0.2, 0) is 38.5 Å². The second-order valence-electron chi connectivity index (χ2n) is 11.3. The highest BCUT2D eigenvalue weighted by molar-refractivity contribution is 7.43. The zero-order valence-electron chi connectivity index (χ0n) is 26.0. The highest BCUT2D eigenvalue weighted by Gasteiger charge is 2.24. The molecule has 46 heavy (non-hydrogen) atoms. The fourth-order valence-electron chi connectivity index (χ4n) is 5.47. The van der Waals surface area contributed by atoms with Crippen molar-refractivity contribution in [3.8, 4) is 17.2 Å². The predicted octanol–water partition coefficient (Wildman–Crippen LogP) is 10.8. The van der Waals surface area contributed by atoms with Crippen molar-refractivity contribution in [1.29, 1.82) is 0 Å². The number of benzene rings is 6. The quantitative estimate of drug-likeness (QED) is 0.107.